The maximum absolute atomic E-state index is 3.56. The summed E-state index contributed by atoms with van der Waals surface area (Å²) in [6.45, 7) is 2.25. The van der Waals surface area contributed by atoms with Crippen LogP contribution in [-0.4, -0.2) is 4.98 Å². The SMILES string of the molecule is CCCCCc1ccc2[nH]c3ccc(Br)cc3c2c1. The molecule has 1 N–H and O–H groups in total. The van der Waals surface area contributed by atoms with Crippen molar-refractivity contribution in [2.45, 2.75) is 32.6 Å². The number of H-pyrrole nitrogens is 1. The maximum Gasteiger partial charge on any atom is 0.0465 e. The van der Waals surface area contributed by atoms with Gasteiger partial charge in [0.25, 0.3) is 0 Å². The highest BCUT2D eigenvalue weighted by molar-refractivity contribution is 9.10. The lowest BCUT2D eigenvalue weighted by Crippen LogP contribution is -1.84. The number of rotatable bonds is 4. The van der Waals surface area contributed by atoms with Crippen LogP contribution in [0.4, 0.5) is 0 Å². The van der Waals surface area contributed by atoms with Gasteiger partial charge in [-0.05, 0) is 48.7 Å². The second-order valence-corrected chi connectivity index (χ2v) is 6.07. The van der Waals surface area contributed by atoms with E-state index in [0.717, 1.165) is 4.47 Å². The lowest BCUT2D eigenvalue weighted by atomic mass is 10.0. The van der Waals surface area contributed by atoms with Gasteiger partial charge in [-0.15, -0.1) is 0 Å². The van der Waals surface area contributed by atoms with Gasteiger partial charge in [0.1, 0.15) is 0 Å². The zero-order valence-electron chi connectivity index (χ0n) is 11.2. The third-order valence-corrected chi connectivity index (χ3v) is 4.19. The minimum absolute atomic E-state index is 1.14. The minimum Gasteiger partial charge on any atom is -0.355 e. The second-order valence-electron chi connectivity index (χ2n) is 5.15. The molecule has 0 amide bonds. The molecule has 0 aliphatic carbocycles. The van der Waals surface area contributed by atoms with Gasteiger partial charge >= 0.3 is 0 Å². The third kappa shape index (κ3) is 2.55. The third-order valence-electron chi connectivity index (χ3n) is 3.69. The first-order valence-corrected chi connectivity index (χ1v) is 7.77. The molecule has 0 aliphatic heterocycles. The Morgan fingerprint density at radius 1 is 0.947 bits per heavy atom. The molecule has 19 heavy (non-hydrogen) atoms. The van der Waals surface area contributed by atoms with Gasteiger partial charge in [0.2, 0.25) is 0 Å². The van der Waals surface area contributed by atoms with Crippen molar-refractivity contribution in [1.29, 1.82) is 0 Å². The van der Waals surface area contributed by atoms with E-state index in [1.165, 1.54) is 53.1 Å². The van der Waals surface area contributed by atoms with Crippen LogP contribution in [0.1, 0.15) is 31.7 Å². The quantitative estimate of drug-likeness (QED) is 0.584. The maximum atomic E-state index is 3.56. The first kappa shape index (κ1) is 12.7. The van der Waals surface area contributed by atoms with Crippen molar-refractivity contribution >= 4 is 37.7 Å². The van der Waals surface area contributed by atoms with Crippen molar-refractivity contribution in [2.75, 3.05) is 0 Å². The van der Waals surface area contributed by atoms with Gasteiger partial charge in [-0.1, -0.05) is 41.8 Å². The number of benzene rings is 2. The summed E-state index contributed by atoms with van der Waals surface area (Å²) in [5.41, 5.74) is 3.89. The van der Waals surface area contributed by atoms with Crippen molar-refractivity contribution < 1.29 is 0 Å². The molecule has 0 fully saturated rings. The van der Waals surface area contributed by atoms with E-state index in [0.29, 0.717) is 0 Å². The van der Waals surface area contributed by atoms with Crippen molar-refractivity contribution in [3.05, 3.63) is 46.4 Å². The lowest BCUT2D eigenvalue weighted by molar-refractivity contribution is 0.718. The van der Waals surface area contributed by atoms with E-state index in [-0.39, 0.29) is 0 Å². The summed E-state index contributed by atoms with van der Waals surface area (Å²) in [6, 6.07) is 13.2. The van der Waals surface area contributed by atoms with Crippen LogP contribution in [0.5, 0.6) is 0 Å². The summed E-state index contributed by atoms with van der Waals surface area (Å²) < 4.78 is 1.14. The second kappa shape index (κ2) is 5.38. The standard InChI is InChI=1S/C17H18BrN/c1-2-3-4-5-12-6-8-16-14(10-12)15-11-13(18)7-9-17(15)19-16/h6-11,19H,2-5H2,1H3. The van der Waals surface area contributed by atoms with Crippen molar-refractivity contribution in [3.8, 4) is 0 Å². The van der Waals surface area contributed by atoms with Crippen LogP contribution in [0.3, 0.4) is 0 Å². The molecule has 2 heteroatoms. The molecule has 1 nitrogen and oxygen atoms in total. The van der Waals surface area contributed by atoms with Gasteiger partial charge in [-0.3, -0.25) is 0 Å². The van der Waals surface area contributed by atoms with Gasteiger partial charge in [0.05, 0.1) is 0 Å². The fourth-order valence-corrected chi connectivity index (χ4v) is 3.01. The van der Waals surface area contributed by atoms with E-state index in [9.17, 15) is 0 Å². The molecule has 0 unspecified atom stereocenters. The average molecular weight is 316 g/mol. The number of unbranched alkanes of at least 4 members (excludes halogenated alkanes) is 2. The van der Waals surface area contributed by atoms with E-state index >= 15 is 0 Å². The average Bonchev–Trinajstić information content (AvgIpc) is 2.77. The zero-order chi connectivity index (χ0) is 13.2. The first-order valence-electron chi connectivity index (χ1n) is 6.98. The molecule has 3 aromatic rings. The Balaban J connectivity index is 2.05. The highest BCUT2D eigenvalue weighted by atomic mass is 79.9. The highest BCUT2D eigenvalue weighted by Crippen LogP contribution is 2.29. The van der Waals surface area contributed by atoms with Crippen LogP contribution >= 0.6 is 15.9 Å². The number of halogens is 1. The van der Waals surface area contributed by atoms with Crippen molar-refractivity contribution in [3.63, 3.8) is 0 Å². The Kier molecular flexibility index (Phi) is 3.61. The first-order chi connectivity index (χ1) is 9.28. The minimum atomic E-state index is 1.14. The molecule has 0 saturated carbocycles. The summed E-state index contributed by atoms with van der Waals surface area (Å²) in [5, 5.41) is 2.65. The molecule has 0 atom stereocenters. The van der Waals surface area contributed by atoms with Crippen LogP contribution in [0, 0.1) is 0 Å². The molecule has 98 valence electrons. The van der Waals surface area contributed by atoms with Crippen LogP contribution < -0.4 is 0 Å². The van der Waals surface area contributed by atoms with E-state index in [1.807, 2.05) is 0 Å². The fraction of sp³-hybridized carbons (Fsp3) is 0.294. The number of nitrogens with one attached hydrogen (secondary N) is 1. The summed E-state index contributed by atoms with van der Waals surface area (Å²) in [5.74, 6) is 0. The number of hydrogen-bond donors (Lipinski definition) is 1. The predicted octanol–water partition coefficient (Wildman–Crippen LogP) is 5.82. The Morgan fingerprint density at radius 2 is 1.68 bits per heavy atom. The van der Waals surface area contributed by atoms with Crippen LogP contribution in [-0.2, 0) is 6.42 Å². The van der Waals surface area contributed by atoms with Gasteiger partial charge in [-0.25, -0.2) is 0 Å². The molecule has 0 aliphatic rings. The Labute approximate surface area is 122 Å². The molecule has 1 aromatic heterocycles. The van der Waals surface area contributed by atoms with E-state index in [1.54, 1.807) is 0 Å². The Morgan fingerprint density at radius 3 is 2.47 bits per heavy atom. The van der Waals surface area contributed by atoms with Crippen LogP contribution in [0.15, 0.2) is 40.9 Å². The summed E-state index contributed by atoms with van der Waals surface area (Å²) >= 11 is 3.56. The number of hydrogen-bond acceptors (Lipinski definition) is 0. The molecule has 2 aromatic carbocycles. The van der Waals surface area contributed by atoms with Crippen LogP contribution in [0.25, 0.3) is 21.8 Å². The number of aromatic nitrogens is 1. The normalized spacial score (nSPS) is 11.5. The topological polar surface area (TPSA) is 15.8 Å². The molecular weight excluding hydrogens is 298 g/mol. The molecule has 0 saturated heterocycles. The van der Waals surface area contributed by atoms with Gasteiger partial charge in [0, 0.05) is 26.3 Å². The monoisotopic (exact) mass is 315 g/mol. The van der Waals surface area contributed by atoms with Gasteiger partial charge in [-0.2, -0.15) is 0 Å². The molecule has 0 spiro atoms. The van der Waals surface area contributed by atoms with E-state index < -0.39 is 0 Å². The largest absolute Gasteiger partial charge is 0.355 e. The van der Waals surface area contributed by atoms with Crippen LogP contribution in [0.2, 0.25) is 0 Å². The van der Waals surface area contributed by atoms with Crippen molar-refractivity contribution in [1.82, 2.24) is 4.98 Å². The number of aryl methyl sites for hydroxylation is 1. The number of fused-ring (bicyclic) bond motifs is 3. The molecule has 1 heterocycles. The molecular formula is C17H18BrN. The zero-order valence-corrected chi connectivity index (χ0v) is 12.8. The van der Waals surface area contributed by atoms with Crippen molar-refractivity contribution in [2.24, 2.45) is 0 Å². The Bertz CT molecular complexity index is 712. The van der Waals surface area contributed by atoms with Gasteiger partial charge < -0.3 is 4.98 Å². The summed E-state index contributed by atoms with van der Waals surface area (Å²) in [7, 11) is 0. The van der Waals surface area contributed by atoms with E-state index in [4.69, 9.17) is 0 Å². The predicted molar refractivity (Wildman–Crippen MR) is 86.7 cm³/mol. The van der Waals surface area contributed by atoms with E-state index in [2.05, 4.69) is 64.2 Å². The summed E-state index contributed by atoms with van der Waals surface area (Å²) in [4.78, 5) is 3.48. The molecule has 0 radical (unpaired) electrons. The Hall–Kier alpha value is -1.28. The smallest absolute Gasteiger partial charge is 0.0465 e. The fourth-order valence-electron chi connectivity index (χ4n) is 2.65. The highest BCUT2D eigenvalue weighted by Gasteiger charge is 2.05. The number of aromatic amines is 1. The summed E-state index contributed by atoms with van der Waals surface area (Å²) in [6.07, 6.45) is 5.07. The lowest BCUT2D eigenvalue weighted by Gasteiger charge is -2.01. The van der Waals surface area contributed by atoms with Gasteiger partial charge in [0.15, 0.2) is 0 Å². The molecule has 3 rings (SSSR count). The molecule has 0 bridgehead atoms.